The Labute approximate surface area is 111 Å². The number of hydrogen-bond donors (Lipinski definition) is 2. The van der Waals surface area contributed by atoms with Crippen LogP contribution in [-0.4, -0.2) is 51.5 Å². The quantitative estimate of drug-likeness (QED) is 0.692. The van der Waals surface area contributed by atoms with Crippen LogP contribution in [0.2, 0.25) is 0 Å². The molecule has 7 nitrogen and oxygen atoms in total. The van der Waals surface area contributed by atoms with Crippen molar-refractivity contribution in [3.8, 4) is 0 Å². The van der Waals surface area contributed by atoms with E-state index in [0.717, 1.165) is 18.7 Å². The predicted octanol–water partition coefficient (Wildman–Crippen LogP) is -0.278. The molecule has 1 fully saturated rings. The number of carbonyl (C=O) groups excluding carboxylic acids is 2. The maximum absolute atomic E-state index is 11.9. The van der Waals surface area contributed by atoms with Crippen molar-refractivity contribution in [1.29, 1.82) is 0 Å². The van der Waals surface area contributed by atoms with Gasteiger partial charge in [-0.2, -0.15) is 5.10 Å². The van der Waals surface area contributed by atoms with Crippen LogP contribution in [0.15, 0.2) is 6.33 Å². The Morgan fingerprint density at radius 3 is 3.11 bits per heavy atom. The van der Waals surface area contributed by atoms with E-state index in [1.54, 1.807) is 4.90 Å². The van der Waals surface area contributed by atoms with Gasteiger partial charge in [-0.15, -0.1) is 0 Å². The molecule has 19 heavy (non-hydrogen) atoms. The van der Waals surface area contributed by atoms with Crippen LogP contribution in [0.1, 0.15) is 25.6 Å². The smallest absolute Gasteiger partial charge is 0.225 e. The molecule has 7 heteroatoms. The lowest BCUT2D eigenvalue weighted by Crippen LogP contribution is -2.33. The standard InChI is InChI=1S/C12H19N5O2/c1-2-17-7-9(6-11(17)18)12(19)13-5-3-4-10-14-8-15-16-10/h8-9H,2-7H2,1H3,(H,13,19)(H,14,15,16). The number of carbonyl (C=O) groups is 2. The molecule has 2 amide bonds. The summed E-state index contributed by atoms with van der Waals surface area (Å²) in [6.45, 7) is 3.74. The molecule has 2 N–H and O–H groups in total. The minimum atomic E-state index is -0.197. The second-order valence-electron chi connectivity index (χ2n) is 4.66. The van der Waals surface area contributed by atoms with Crippen molar-refractivity contribution < 1.29 is 9.59 Å². The van der Waals surface area contributed by atoms with E-state index in [4.69, 9.17) is 0 Å². The number of nitrogens with one attached hydrogen (secondary N) is 2. The van der Waals surface area contributed by atoms with E-state index in [0.29, 0.717) is 26.1 Å². The fourth-order valence-corrected chi connectivity index (χ4v) is 2.22. The number of likely N-dealkylation sites (tertiary alicyclic amines) is 1. The summed E-state index contributed by atoms with van der Waals surface area (Å²) in [5.74, 6) is 0.673. The maximum Gasteiger partial charge on any atom is 0.225 e. The van der Waals surface area contributed by atoms with Crippen molar-refractivity contribution in [3.63, 3.8) is 0 Å². The number of aromatic amines is 1. The first kappa shape index (κ1) is 13.5. The Morgan fingerprint density at radius 2 is 2.47 bits per heavy atom. The van der Waals surface area contributed by atoms with Crippen molar-refractivity contribution in [2.24, 2.45) is 5.92 Å². The van der Waals surface area contributed by atoms with Gasteiger partial charge in [0.1, 0.15) is 12.2 Å². The number of amides is 2. The first-order chi connectivity index (χ1) is 9.20. The summed E-state index contributed by atoms with van der Waals surface area (Å²) >= 11 is 0. The van der Waals surface area contributed by atoms with E-state index in [1.165, 1.54) is 6.33 Å². The molecule has 1 aromatic rings. The predicted molar refractivity (Wildman–Crippen MR) is 68.1 cm³/mol. The SMILES string of the molecule is CCN1CC(C(=O)NCCCc2ncn[nH]2)CC1=O. The molecule has 1 aromatic heterocycles. The molecule has 1 unspecified atom stereocenters. The van der Waals surface area contributed by atoms with Crippen molar-refractivity contribution in [2.45, 2.75) is 26.2 Å². The number of H-pyrrole nitrogens is 1. The molecule has 0 radical (unpaired) electrons. The van der Waals surface area contributed by atoms with E-state index in [-0.39, 0.29) is 17.7 Å². The lowest BCUT2D eigenvalue weighted by Gasteiger charge is -2.13. The van der Waals surface area contributed by atoms with Crippen molar-refractivity contribution in [3.05, 3.63) is 12.2 Å². The summed E-state index contributed by atoms with van der Waals surface area (Å²) in [6, 6.07) is 0. The monoisotopic (exact) mass is 265 g/mol. The fraction of sp³-hybridized carbons (Fsp3) is 0.667. The number of aromatic nitrogens is 3. The molecule has 2 heterocycles. The zero-order chi connectivity index (χ0) is 13.7. The molecule has 1 aliphatic heterocycles. The molecule has 1 atom stereocenters. The van der Waals surface area contributed by atoms with E-state index in [1.807, 2.05) is 6.92 Å². The van der Waals surface area contributed by atoms with E-state index in [9.17, 15) is 9.59 Å². The first-order valence-corrected chi connectivity index (χ1v) is 6.60. The van der Waals surface area contributed by atoms with Gasteiger partial charge in [0.25, 0.3) is 0 Å². The summed E-state index contributed by atoms with van der Waals surface area (Å²) in [6.07, 6.45) is 3.36. The van der Waals surface area contributed by atoms with Gasteiger partial charge in [0.05, 0.1) is 5.92 Å². The van der Waals surface area contributed by atoms with Gasteiger partial charge in [0.15, 0.2) is 0 Å². The zero-order valence-corrected chi connectivity index (χ0v) is 11.1. The largest absolute Gasteiger partial charge is 0.356 e. The van der Waals surface area contributed by atoms with E-state index in [2.05, 4.69) is 20.5 Å². The maximum atomic E-state index is 11.9. The third-order valence-electron chi connectivity index (χ3n) is 3.32. The van der Waals surface area contributed by atoms with Crippen molar-refractivity contribution >= 4 is 11.8 Å². The highest BCUT2D eigenvalue weighted by Crippen LogP contribution is 2.17. The summed E-state index contributed by atoms with van der Waals surface area (Å²) in [7, 11) is 0. The molecule has 2 rings (SSSR count). The van der Waals surface area contributed by atoms with Crippen LogP contribution < -0.4 is 5.32 Å². The molecule has 1 aliphatic rings. The lowest BCUT2D eigenvalue weighted by molar-refractivity contribution is -0.128. The Balaban J connectivity index is 1.66. The highest BCUT2D eigenvalue weighted by molar-refractivity contribution is 5.89. The van der Waals surface area contributed by atoms with Crippen LogP contribution in [-0.2, 0) is 16.0 Å². The van der Waals surface area contributed by atoms with Gasteiger partial charge in [-0.3, -0.25) is 14.7 Å². The Kier molecular flexibility index (Phi) is 4.48. The van der Waals surface area contributed by atoms with Crippen molar-refractivity contribution in [1.82, 2.24) is 25.4 Å². The fourth-order valence-electron chi connectivity index (χ4n) is 2.22. The molecular formula is C12H19N5O2. The normalized spacial score (nSPS) is 18.9. The van der Waals surface area contributed by atoms with Crippen LogP contribution in [0.4, 0.5) is 0 Å². The van der Waals surface area contributed by atoms with Crippen LogP contribution in [0.25, 0.3) is 0 Å². The van der Waals surface area contributed by atoms with Crippen LogP contribution in [0.3, 0.4) is 0 Å². The molecular weight excluding hydrogens is 246 g/mol. The molecule has 0 saturated carbocycles. The van der Waals surface area contributed by atoms with Gasteiger partial charge in [-0.05, 0) is 13.3 Å². The van der Waals surface area contributed by atoms with E-state index >= 15 is 0 Å². The second-order valence-corrected chi connectivity index (χ2v) is 4.66. The second kappa shape index (κ2) is 6.31. The Morgan fingerprint density at radius 1 is 1.63 bits per heavy atom. The number of aryl methyl sites for hydroxylation is 1. The average molecular weight is 265 g/mol. The molecule has 104 valence electrons. The highest BCUT2D eigenvalue weighted by atomic mass is 16.2. The third kappa shape index (κ3) is 3.52. The summed E-state index contributed by atoms with van der Waals surface area (Å²) < 4.78 is 0. The van der Waals surface area contributed by atoms with Crippen LogP contribution in [0, 0.1) is 5.92 Å². The number of nitrogens with zero attached hydrogens (tertiary/aromatic N) is 3. The van der Waals surface area contributed by atoms with E-state index < -0.39 is 0 Å². The van der Waals surface area contributed by atoms with Gasteiger partial charge in [-0.1, -0.05) is 0 Å². The lowest BCUT2D eigenvalue weighted by atomic mass is 10.1. The minimum Gasteiger partial charge on any atom is -0.356 e. The summed E-state index contributed by atoms with van der Waals surface area (Å²) in [4.78, 5) is 29.2. The average Bonchev–Trinajstić information content (AvgIpc) is 3.03. The van der Waals surface area contributed by atoms with Crippen LogP contribution >= 0.6 is 0 Å². The molecule has 0 aromatic carbocycles. The van der Waals surface area contributed by atoms with Gasteiger partial charge in [0, 0.05) is 32.5 Å². The Hall–Kier alpha value is -1.92. The molecule has 0 aliphatic carbocycles. The summed E-state index contributed by atoms with van der Waals surface area (Å²) in [5.41, 5.74) is 0. The third-order valence-corrected chi connectivity index (χ3v) is 3.32. The zero-order valence-electron chi connectivity index (χ0n) is 11.1. The topological polar surface area (TPSA) is 91.0 Å². The van der Waals surface area contributed by atoms with Gasteiger partial charge < -0.3 is 10.2 Å². The molecule has 1 saturated heterocycles. The molecule has 0 bridgehead atoms. The Bertz CT molecular complexity index is 431. The summed E-state index contributed by atoms with van der Waals surface area (Å²) in [5, 5.41) is 9.41. The number of rotatable bonds is 6. The first-order valence-electron chi connectivity index (χ1n) is 6.60. The van der Waals surface area contributed by atoms with Crippen molar-refractivity contribution in [2.75, 3.05) is 19.6 Å². The number of hydrogen-bond acceptors (Lipinski definition) is 4. The molecule has 0 spiro atoms. The highest BCUT2D eigenvalue weighted by Gasteiger charge is 2.32. The van der Waals surface area contributed by atoms with Gasteiger partial charge >= 0.3 is 0 Å². The van der Waals surface area contributed by atoms with Gasteiger partial charge in [0.2, 0.25) is 11.8 Å². The minimum absolute atomic E-state index is 0.0260. The van der Waals surface area contributed by atoms with Crippen LogP contribution in [0.5, 0.6) is 0 Å². The van der Waals surface area contributed by atoms with Gasteiger partial charge in [-0.25, -0.2) is 4.98 Å².